The summed E-state index contributed by atoms with van der Waals surface area (Å²) in [5, 5.41) is 3.95. The predicted octanol–water partition coefficient (Wildman–Crippen LogP) is 3.92. The highest BCUT2D eigenvalue weighted by molar-refractivity contribution is 7.15. The van der Waals surface area contributed by atoms with Gasteiger partial charge in [-0.05, 0) is 64.0 Å². The number of fused-ring (bicyclic) bond motifs is 1. The predicted molar refractivity (Wildman–Crippen MR) is 108 cm³/mol. The average Bonchev–Trinajstić information content (AvgIpc) is 3.56. The second-order valence-corrected chi connectivity index (χ2v) is 9.52. The third-order valence-electron chi connectivity index (χ3n) is 6.04. The summed E-state index contributed by atoms with van der Waals surface area (Å²) in [7, 11) is 0. The number of nitrogens with zero attached hydrogens (tertiary/aromatic N) is 3. The molecule has 28 heavy (non-hydrogen) atoms. The average molecular weight is 397 g/mol. The molecule has 7 heteroatoms. The molecule has 2 aromatic heterocycles. The van der Waals surface area contributed by atoms with Gasteiger partial charge in [0.2, 0.25) is 5.91 Å². The Bertz CT molecular complexity index is 991. The van der Waals surface area contributed by atoms with Crippen LogP contribution in [-0.4, -0.2) is 32.7 Å². The van der Waals surface area contributed by atoms with Crippen molar-refractivity contribution in [2.24, 2.45) is 11.8 Å². The Kier molecular flexibility index (Phi) is 4.05. The first-order chi connectivity index (χ1) is 13.4. The third-order valence-corrected chi connectivity index (χ3v) is 7.13. The zero-order valence-electron chi connectivity index (χ0n) is 16.4. The van der Waals surface area contributed by atoms with Crippen LogP contribution in [0.3, 0.4) is 0 Å². The number of carbonyl (C=O) groups excluding carboxylic acids is 2. The number of pyridine rings is 1. The zero-order chi connectivity index (χ0) is 19.6. The van der Waals surface area contributed by atoms with Gasteiger partial charge in [-0.2, -0.15) is 0 Å². The van der Waals surface area contributed by atoms with E-state index in [-0.39, 0.29) is 23.8 Å². The molecule has 2 saturated carbocycles. The standard InChI is InChI=1S/C21H24N4O2S/c1-10-18(28-12(3)22-10)16-8-15-9-25(11(2)13-4-5-13)21(27)17(15)19(23-16)24-20(26)14-6-7-14/h8,11,13-14H,4-7,9H2,1-3H3,(H,23,24,26)/t11-/m0/s1. The van der Waals surface area contributed by atoms with Crippen molar-refractivity contribution in [3.05, 3.63) is 27.9 Å². The fourth-order valence-corrected chi connectivity index (χ4v) is 4.94. The highest BCUT2D eigenvalue weighted by atomic mass is 32.1. The van der Waals surface area contributed by atoms with Crippen LogP contribution in [0.2, 0.25) is 0 Å². The van der Waals surface area contributed by atoms with Gasteiger partial charge < -0.3 is 10.2 Å². The number of aryl methyl sites for hydroxylation is 2. The first-order valence-electron chi connectivity index (χ1n) is 10.0. The minimum Gasteiger partial charge on any atom is -0.331 e. The number of carbonyl (C=O) groups is 2. The second-order valence-electron chi connectivity index (χ2n) is 8.31. The molecule has 2 fully saturated rings. The highest BCUT2D eigenvalue weighted by Crippen LogP contribution is 2.41. The molecule has 0 spiro atoms. The summed E-state index contributed by atoms with van der Waals surface area (Å²) in [5.74, 6) is 1.06. The normalized spacial score (nSPS) is 19.7. The number of anilines is 1. The number of rotatable bonds is 5. The minimum absolute atomic E-state index is 0.00301. The van der Waals surface area contributed by atoms with Gasteiger partial charge in [-0.1, -0.05) is 0 Å². The molecule has 3 heterocycles. The van der Waals surface area contributed by atoms with E-state index in [4.69, 9.17) is 4.98 Å². The number of nitrogens with one attached hydrogen (secondary N) is 1. The van der Waals surface area contributed by atoms with E-state index in [1.165, 1.54) is 12.8 Å². The molecule has 1 aliphatic heterocycles. The maximum atomic E-state index is 13.2. The van der Waals surface area contributed by atoms with E-state index in [0.717, 1.165) is 39.7 Å². The molecule has 2 amide bonds. The Morgan fingerprint density at radius 2 is 2.00 bits per heavy atom. The maximum Gasteiger partial charge on any atom is 0.258 e. The fourth-order valence-electron chi connectivity index (χ4n) is 4.06. The van der Waals surface area contributed by atoms with Crippen molar-refractivity contribution in [1.82, 2.24) is 14.9 Å². The van der Waals surface area contributed by atoms with E-state index >= 15 is 0 Å². The molecular weight excluding hydrogens is 372 g/mol. The lowest BCUT2D eigenvalue weighted by atomic mass is 10.1. The van der Waals surface area contributed by atoms with Crippen molar-refractivity contribution >= 4 is 29.0 Å². The van der Waals surface area contributed by atoms with Crippen molar-refractivity contribution in [3.8, 4) is 10.6 Å². The lowest BCUT2D eigenvalue weighted by Gasteiger charge is -2.24. The Hall–Kier alpha value is -2.28. The van der Waals surface area contributed by atoms with Gasteiger partial charge in [0.25, 0.3) is 5.91 Å². The van der Waals surface area contributed by atoms with Crippen LogP contribution in [0.25, 0.3) is 10.6 Å². The second kappa shape index (κ2) is 6.37. The van der Waals surface area contributed by atoms with Gasteiger partial charge in [0.1, 0.15) is 5.82 Å². The van der Waals surface area contributed by atoms with Crippen LogP contribution in [0.15, 0.2) is 6.07 Å². The van der Waals surface area contributed by atoms with Crippen LogP contribution in [-0.2, 0) is 11.3 Å². The van der Waals surface area contributed by atoms with Gasteiger partial charge in [-0.15, -0.1) is 11.3 Å². The van der Waals surface area contributed by atoms with Gasteiger partial charge in [-0.25, -0.2) is 9.97 Å². The molecule has 0 saturated heterocycles. The molecule has 1 N–H and O–H groups in total. The Labute approximate surface area is 168 Å². The Morgan fingerprint density at radius 3 is 2.61 bits per heavy atom. The molecule has 146 valence electrons. The Balaban J connectivity index is 1.57. The summed E-state index contributed by atoms with van der Waals surface area (Å²) in [4.78, 5) is 37.9. The van der Waals surface area contributed by atoms with Gasteiger partial charge in [0.15, 0.2) is 0 Å². The summed E-state index contributed by atoms with van der Waals surface area (Å²) >= 11 is 1.60. The van der Waals surface area contributed by atoms with Gasteiger partial charge in [-0.3, -0.25) is 9.59 Å². The fraction of sp³-hybridized carbons (Fsp3) is 0.524. The Morgan fingerprint density at radius 1 is 1.25 bits per heavy atom. The van der Waals surface area contributed by atoms with Gasteiger partial charge in [0, 0.05) is 18.5 Å². The van der Waals surface area contributed by atoms with Crippen LogP contribution in [0.5, 0.6) is 0 Å². The molecule has 0 radical (unpaired) electrons. The topological polar surface area (TPSA) is 75.2 Å². The van der Waals surface area contributed by atoms with Crippen molar-refractivity contribution < 1.29 is 9.59 Å². The summed E-state index contributed by atoms with van der Waals surface area (Å²) in [6, 6.07) is 2.24. The van der Waals surface area contributed by atoms with Crippen molar-refractivity contribution in [1.29, 1.82) is 0 Å². The van der Waals surface area contributed by atoms with E-state index in [1.807, 2.05) is 24.8 Å². The zero-order valence-corrected chi connectivity index (χ0v) is 17.2. The van der Waals surface area contributed by atoms with Crippen LogP contribution in [0.4, 0.5) is 5.82 Å². The molecule has 6 nitrogen and oxygen atoms in total. The van der Waals surface area contributed by atoms with E-state index in [1.54, 1.807) is 11.3 Å². The third kappa shape index (κ3) is 3.02. The van der Waals surface area contributed by atoms with Crippen molar-refractivity contribution in [2.45, 2.75) is 59.0 Å². The lowest BCUT2D eigenvalue weighted by molar-refractivity contribution is -0.117. The molecule has 0 unspecified atom stereocenters. The molecule has 2 aromatic rings. The SMILES string of the molecule is Cc1nc(C)c(-c2cc3c(c(NC(=O)C4CC4)n2)C(=O)N([C@@H](C)C2CC2)C3)s1. The number of thiazole rings is 1. The molecule has 2 aliphatic carbocycles. The van der Waals surface area contributed by atoms with Gasteiger partial charge >= 0.3 is 0 Å². The molecule has 3 aliphatic rings. The van der Waals surface area contributed by atoms with E-state index in [0.29, 0.717) is 23.8 Å². The van der Waals surface area contributed by atoms with E-state index in [2.05, 4.69) is 17.2 Å². The van der Waals surface area contributed by atoms with Crippen molar-refractivity contribution in [3.63, 3.8) is 0 Å². The summed E-state index contributed by atoms with van der Waals surface area (Å²) in [5.41, 5.74) is 3.26. The smallest absolute Gasteiger partial charge is 0.258 e. The minimum atomic E-state index is -0.0226. The monoisotopic (exact) mass is 396 g/mol. The first-order valence-corrected chi connectivity index (χ1v) is 10.8. The molecule has 1 atom stereocenters. The molecule has 0 aromatic carbocycles. The quantitative estimate of drug-likeness (QED) is 0.831. The van der Waals surface area contributed by atoms with Gasteiger partial charge in [0.05, 0.1) is 26.8 Å². The molecule has 0 bridgehead atoms. The lowest BCUT2D eigenvalue weighted by Crippen LogP contribution is -2.35. The van der Waals surface area contributed by atoms with Crippen molar-refractivity contribution in [2.75, 3.05) is 5.32 Å². The number of hydrogen-bond acceptors (Lipinski definition) is 5. The largest absolute Gasteiger partial charge is 0.331 e. The first kappa shape index (κ1) is 17.8. The van der Waals surface area contributed by atoms with E-state index in [9.17, 15) is 9.59 Å². The maximum absolute atomic E-state index is 13.2. The number of amides is 2. The molecular formula is C21H24N4O2S. The number of hydrogen-bond donors (Lipinski definition) is 1. The van der Waals surface area contributed by atoms with Crippen LogP contribution in [0, 0.1) is 25.7 Å². The molecule has 5 rings (SSSR count). The number of aromatic nitrogens is 2. The highest BCUT2D eigenvalue weighted by Gasteiger charge is 2.41. The van der Waals surface area contributed by atoms with Crippen LogP contribution >= 0.6 is 11.3 Å². The summed E-state index contributed by atoms with van der Waals surface area (Å²) < 4.78 is 0. The summed E-state index contributed by atoms with van der Waals surface area (Å²) in [6.45, 7) is 6.68. The van der Waals surface area contributed by atoms with Crippen LogP contribution in [0.1, 0.15) is 59.2 Å². The summed E-state index contributed by atoms with van der Waals surface area (Å²) in [6.07, 6.45) is 4.21. The van der Waals surface area contributed by atoms with Crippen LogP contribution < -0.4 is 5.32 Å². The van der Waals surface area contributed by atoms with E-state index < -0.39 is 0 Å².